The molecule has 1 aliphatic rings. The fourth-order valence-corrected chi connectivity index (χ4v) is 4.47. The number of carbonyl (C=O) groups excluding carboxylic acids is 1. The first kappa shape index (κ1) is 20.5. The number of amides is 1. The van der Waals surface area contributed by atoms with E-state index in [9.17, 15) is 18.0 Å². The number of H-pyrrole nitrogens is 1. The SMILES string of the molecule is CC(C)C[C@H](NS(=O)(=O)c1ccc2[nH]c(=O)ccc2c1)C(=O)N1CCOCC1. The summed E-state index contributed by atoms with van der Waals surface area (Å²) in [4.78, 5) is 28.6. The van der Waals surface area contributed by atoms with Crippen LogP contribution in [0.3, 0.4) is 0 Å². The lowest BCUT2D eigenvalue weighted by atomic mass is 10.0. The maximum absolute atomic E-state index is 12.9. The summed E-state index contributed by atoms with van der Waals surface area (Å²) in [6.07, 6.45) is 0.399. The Balaban J connectivity index is 1.86. The first-order chi connectivity index (χ1) is 13.3. The van der Waals surface area contributed by atoms with Crippen LogP contribution in [0.1, 0.15) is 20.3 Å². The van der Waals surface area contributed by atoms with Crippen molar-refractivity contribution in [2.24, 2.45) is 5.92 Å². The fourth-order valence-electron chi connectivity index (χ4n) is 3.23. The first-order valence-electron chi connectivity index (χ1n) is 9.28. The topological polar surface area (TPSA) is 109 Å². The second-order valence-electron chi connectivity index (χ2n) is 7.31. The molecule has 2 N–H and O–H groups in total. The van der Waals surface area contributed by atoms with E-state index in [-0.39, 0.29) is 22.3 Å². The lowest BCUT2D eigenvalue weighted by Gasteiger charge is -2.31. The molecule has 1 aromatic heterocycles. The van der Waals surface area contributed by atoms with Gasteiger partial charge < -0.3 is 14.6 Å². The van der Waals surface area contributed by atoms with Crippen LogP contribution in [0.2, 0.25) is 0 Å². The molecule has 28 heavy (non-hydrogen) atoms. The maximum Gasteiger partial charge on any atom is 0.248 e. The summed E-state index contributed by atoms with van der Waals surface area (Å²) in [5.41, 5.74) is 0.295. The zero-order chi connectivity index (χ0) is 20.3. The van der Waals surface area contributed by atoms with Gasteiger partial charge >= 0.3 is 0 Å². The molecule has 1 aliphatic heterocycles. The van der Waals surface area contributed by atoms with Crippen molar-refractivity contribution in [1.82, 2.24) is 14.6 Å². The number of benzene rings is 1. The molecule has 152 valence electrons. The van der Waals surface area contributed by atoms with E-state index in [1.54, 1.807) is 17.0 Å². The number of ether oxygens (including phenoxy) is 1. The Labute approximate surface area is 163 Å². The van der Waals surface area contributed by atoms with E-state index in [4.69, 9.17) is 4.74 Å². The number of aromatic amines is 1. The van der Waals surface area contributed by atoms with E-state index < -0.39 is 16.1 Å². The summed E-state index contributed by atoms with van der Waals surface area (Å²) < 4.78 is 33.7. The summed E-state index contributed by atoms with van der Waals surface area (Å²) in [6, 6.07) is 6.53. The monoisotopic (exact) mass is 407 g/mol. The molecule has 1 amide bonds. The molecule has 1 fully saturated rings. The number of nitrogens with zero attached hydrogens (tertiary/aromatic N) is 1. The van der Waals surface area contributed by atoms with Gasteiger partial charge in [-0.2, -0.15) is 4.72 Å². The maximum atomic E-state index is 12.9. The number of rotatable bonds is 6. The van der Waals surface area contributed by atoms with Crippen LogP contribution in [0.4, 0.5) is 0 Å². The molecule has 0 bridgehead atoms. The molecule has 0 spiro atoms. The van der Waals surface area contributed by atoms with E-state index in [2.05, 4.69) is 9.71 Å². The van der Waals surface area contributed by atoms with Gasteiger partial charge in [-0.25, -0.2) is 8.42 Å². The lowest BCUT2D eigenvalue weighted by molar-refractivity contribution is -0.137. The summed E-state index contributed by atoms with van der Waals surface area (Å²) in [6.45, 7) is 5.71. The number of morpholine rings is 1. The minimum atomic E-state index is -3.91. The molecule has 0 radical (unpaired) electrons. The highest BCUT2D eigenvalue weighted by molar-refractivity contribution is 7.89. The third-order valence-electron chi connectivity index (χ3n) is 4.63. The Hall–Kier alpha value is -2.23. The number of hydrogen-bond acceptors (Lipinski definition) is 5. The van der Waals surface area contributed by atoms with Gasteiger partial charge in [0, 0.05) is 24.7 Å². The van der Waals surface area contributed by atoms with Crippen LogP contribution in [0, 0.1) is 5.92 Å². The number of sulfonamides is 1. The van der Waals surface area contributed by atoms with Crippen molar-refractivity contribution in [3.63, 3.8) is 0 Å². The van der Waals surface area contributed by atoms with E-state index >= 15 is 0 Å². The van der Waals surface area contributed by atoms with E-state index in [0.717, 1.165) is 0 Å². The van der Waals surface area contributed by atoms with Crippen LogP contribution in [0.15, 0.2) is 40.0 Å². The van der Waals surface area contributed by atoms with Gasteiger partial charge in [-0.15, -0.1) is 0 Å². The molecule has 0 aliphatic carbocycles. The van der Waals surface area contributed by atoms with Crippen molar-refractivity contribution in [3.8, 4) is 0 Å². The van der Waals surface area contributed by atoms with E-state index in [1.165, 1.54) is 18.2 Å². The molecule has 1 aromatic carbocycles. The Bertz CT molecular complexity index is 1010. The van der Waals surface area contributed by atoms with Crippen molar-refractivity contribution in [2.45, 2.75) is 31.2 Å². The number of pyridine rings is 1. The van der Waals surface area contributed by atoms with Crippen LogP contribution in [0.25, 0.3) is 10.9 Å². The summed E-state index contributed by atoms with van der Waals surface area (Å²) >= 11 is 0. The van der Waals surface area contributed by atoms with Crippen LogP contribution in [-0.2, 0) is 19.6 Å². The molecular formula is C19H25N3O5S. The molecule has 8 nitrogen and oxygen atoms in total. The summed E-state index contributed by atoms with van der Waals surface area (Å²) in [5.74, 6) is -0.0925. The third kappa shape index (κ3) is 4.78. The van der Waals surface area contributed by atoms with Gasteiger partial charge in [0.05, 0.1) is 18.1 Å². The van der Waals surface area contributed by atoms with Gasteiger partial charge in [0.15, 0.2) is 0 Å². The molecule has 0 unspecified atom stereocenters. The normalized spacial score (nSPS) is 16.5. The molecule has 1 atom stereocenters. The Kier molecular flexibility index (Phi) is 6.17. The molecule has 2 heterocycles. The second kappa shape index (κ2) is 8.42. The van der Waals surface area contributed by atoms with Gasteiger partial charge in [0.1, 0.15) is 6.04 Å². The highest BCUT2D eigenvalue weighted by Gasteiger charge is 2.30. The number of fused-ring (bicyclic) bond motifs is 1. The minimum Gasteiger partial charge on any atom is -0.378 e. The quantitative estimate of drug-likeness (QED) is 0.745. The van der Waals surface area contributed by atoms with Gasteiger partial charge in [-0.1, -0.05) is 13.8 Å². The highest BCUT2D eigenvalue weighted by atomic mass is 32.2. The molecule has 3 rings (SSSR count). The second-order valence-corrected chi connectivity index (χ2v) is 9.03. The predicted octanol–water partition coefficient (Wildman–Crippen LogP) is 1.08. The van der Waals surface area contributed by atoms with Crippen molar-refractivity contribution >= 4 is 26.8 Å². The van der Waals surface area contributed by atoms with Gasteiger partial charge in [0.2, 0.25) is 21.5 Å². The van der Waals surface area contributed by atoms with Crippen molar-refractivity contribution < 1.29 is 17.9 Å². The van der Waals surface area contributed by atoms with Crippen LogP contribution < -0.4 is 10.3 Å². The van der Waals surface area contributed by atoms with Crippen LogP contribution >= 0.6 is 0 Å². The average molecular weight is 407 g/mol. The number of carbonyl (C=O) groups is 1. The standard InChI is InChI=1S/C19H25N3O5S/c1-13(2)11-17(19(24)22-7-9-27-10-8-22)21-28(25,26)15-4-5-16-14(12-15)3-6-18(23)20-16/h3-6,12-13,17,21H,7-11H2,1-2H3,(H,20,23)/t17-/m0/s1. The Morgan fingerprint density at radius 1 is 1.21 bits per heavy atom. The van der Waals surface area contributed by atoms with Crippen molar-refractivity contribution in [1.29, 1.82) is 0 Å². The van der Waals surface area contributed by atoms with E-state index in [0.29, 0.717) is 43.6 Å². The smallest absolute Gasteiger partial charge is 0.248 e. The first-order valence-corrected chi connectivity index (χ1v) is 10.8. The zero-order valence-corrected chi connectivity index (χ0v) is 16.8. The molecule has 9 heteroatoms. The molecule has 1 saturated heterocycles. The Morgan fingerprint density at radius 2 is 1.93 bits per heavy atom. The Morgan fingerprint density at radius 3 is 2.61 bits per heavy atom. The van der Waals surface area contributed by atoms with Crippen molar-refractivity contribution in [3.05, 3.63) is 40.7 Å². The summed E-state index contributed by atoms with van der Waals surface area (Å²) in [5, 5.41) is 0.599. The molecular weight excluding hydrogens is 382 g/mol. The van der Waals surface area contributed by atoms with Gasteiger partial charge in [0.25, 0.3) is 0 Å². The van der Waals surface area contributed by atoms with Crippen LogP contribution in [0.5, 0.6) is 0 Å². The van der Waals surface area contributed by atoms with Crippen molar-refractivity contribution in [2.75, 3.05) is 26.3 Å². The third-order valence-corrected chi connectivity index (χ3v) is 6.10. The number of hydrogen-bond donors (Lipinski definition) is 2. The average Bonchev–Trinajstić information content (AvgIpc) is 2.66. The number of nitrogens with one attached hydrogen (secondary N) is 2. The lowest BCUT2D eigenvalue weighted by Crippen LogP contribution is -2.52. The molecule has 2 aromatic rings. The number of aromatic nitrogens is 1. The summed E-state index contributed by atoms with van der Waals surface area (Å²) in [7, 11) is -3.91. The molecule has 0 saturated carbocycles. The largest absolute Gasteiger partial charge is 0.378 e. The van der Waals surface area contributed by atoms with Gasteiger partial charge in [-0.3, -0.25) is 9.59 Å². The minimum absolute atomic E-state index is 0.0515. The predicted molar refractivity (Wildman–Crippen MR) is 106 cm³/mol. The fraction of sp³-hybridized carbons (Fsp3) is 0.474. The van der Waals surface area contributed by atoms with E-state index in [1.807, 2.05) is 13.8 Å². The highest BCUT2D eigenvalue weighted by Crippen LogP contribution is 2.18. The van der Waals surface area contributed by atoms with Gasteiger partial charge in [-0.05, 0) is 42.0 Å². The zero-order valence-electron chi connectivity index (χ0n) is 16.0. The van der Waals surface area contributed by atoms with Crippen LogP contribution in [-0.4, -0.2) is 56.6 Å².